The van der Waals surface area contributed by atoms with Crippen molar-refractivity contribution < 1.29 is 9.13 Å². The van der Waals surface area contributed by atoms with E-state index in [0.29, 0.717) is 23.9 Å². The fraction of sp³-hybridized carbons (Fsp3) is 0.200. The molecule has 2 rings (SSSR count). The zero-order valence-corrected chi connectivity index (χ0v) is 11.4. The van der Waals surface area contributed by atoms with Crippen molar-refractivity contribution in [3.05, 3.63) is 64.4 Å². The summed E-state index contributed by atoms with van der Waals surface area (Å²) in [6.45, 7) is 1.08. The fourth-order valence-corrected chi connectivity index (χ4v) is 2.01. The molecule has 100 valence electrons. The molecule has 1 N–H and O–H groups in total. The minimum absolute atomic E-state index is 0.350. The molecule has 0 unspecified atom stereocenters. The van der Waals surface area contributed by atoms with E-state index < -0.39 is 0 Å². The standard InChI is InChI=1S/C15H15ClFNO/c1-19-10-12-5-3-2-4-11(12)9-18-15-7-6-13(16)8-14(15)17/h2-8,18H,9-10H2,1H3. The molecular weight excluding hydrogens is 265 g/mol. The molecule has 2 aromatic carbocycles. The summed E-state index contributed by atoms with van der Waals surface area (Å²) in [6.07, 6.45) is 0. The number of hydrogen-bond donors (Lipinski definition) is 1. The lowest BCUT2D eigenvalue weighted by molar-refractivity contribution is 0.184. The predicted octanol–water partition coefficient (Wildman–Crippen LogP) is 4.24. The van der Waals surface area contributed by atoms with Gasteiger partial charge in [-0.15, -0.1) is 0 Å². The highest BCUT2D eigenvalue weighted by Gasteiger charge is 2.05. The SMILES string of the molecule is COCc1ccccc1CNc1ccc(Cl)cc1F. The first-order valence-corrected chi connectivity index (χ1v) is 6.33. The van der Waals surface area contributed by atoms with Crippen molar-refractivity contribution in [2.24, 2.45) is 0 Å². The monoisotopic (exact) mass is 279 g/mol. The van der Waals surface area contributed by atoms with Crippen LogP contribution in [0.25, 0.3) is 0 Å². The highest BCUT2D eigenvalue weighted by Crippen LogP contribution is 2.20. The molecule has 0 aliphatic carbocycles. The van der Waals surface area contributed by atoms with Gasteiger partial charge in [-0.2, -0.15) is 0 Å². The highest BCUT2D eigenvalue weighted by atomic mass is 35.5. The molecule has 2 nitrogen and oxygen atoms in total. The molecule has 0 aromatic heterocycles. The Labute approximate surface area is 117 Å². The Kier molecular flexibility index (Phi) is 4.77. The van der Waals surface area contributed by atoms with E-state index in [1.54, 1.807) is 19.2 Å². The summed E-state index contributed by atoms with van der Waals surface area (Å²) in [6, 6.07) is 12.5. The maximum Gasteiger partial charge on any atom is 0.147 e. The van der Waals surface area contributed by atoms with Gasteiger partial charge >= 0.3 is 0 Å². The van der Waals surface area contributed by atoms with Gasteiger partial charge in [-0.25, -0.2) is 4.39 Å². The summed E-state index contributed by atoms with van der Waals surface area (Å²) in [4.78, 5) is 0. The van der Waals surface area contributed by atoms with Crippen LogP contribution >= 0.6 is 11.6 Å². The van der Waals surface area contributed by atoms with Gasteiger partial charge in [0, 0.05) is 18.7 Å². The molecule has 0 aliphatic rings. The summed E-state index contributed by atoms with van der Waals surface area (Å²) in [7, 11) is 1.66. The number of benzene rings is 2. The van der Waals surface area contributed by atoms with Gasteiger partial charge in [0.1, 0.15) is 5.82 Å². The number of halogens is 2. The second kappa shape index (κ2) is 6.55. The molecule has 4 heteroatoms. The maximum absolute atomic E-state index is 13.6. The zero-order chi connectivity index (χ0) is 13.7. The largest absolute Gasteiger partial charge is 0.380 e. The fourth-order valence-electron chi connectivity index (χ4n) is 1.85. The first kappa shape index (κ1) is 13.8. The molecule has 0 bridgehead atoms. The first-order chi connectivity index (χ1) is 9.20. The summed E-state index contributed by atoms with van der Waals surface area (Å²) in [5.41, 5.74) is 2.61. The topological polar surface area (TPSA) is 21.3 Å². The van der Waals surface area contributed by atoms with Crippen LogP contribution in [0, 0.1) is 5.82 Å². The molecule has 0 aliphatic heterocycles. The molecule has 0 saturated heterocycles. The van der Waals surface area contributed by atoms with Crippen LogP contribution in [-0.2, 0) is 17.9 Å². The Morgan fingerprint density at radius 1 is 1.16 bits per heavy atom. The lowest BCUT2D eigenvalue weighted by Gasteiger charge is -2.11. The molecule has 2 aromatic rings. The number of ether oxygens (including phenoxy) is 1. The molecule has 0 radical (unpaired) electrons. The number of hydrogen-bond acceptors (Lipinski definition) is 2. The van der Waals surface area contributed by atoms with E-state index in [2.05, 4.69) is 5.32 Å². The summed E-state index contributed by atoms with van der Waals surface area (Å²) in [5, 5.41) is 3.46. The van der Waals surface area contributed by atoms with Crippen LogP contribution in [0.3, 0.4) is 0 Å². The Bertz CT molecular complexity index is 560. The van der Waals surface area contributed by atoms with Crippen LogP contribution in [0.5, 0.6) is 0 Å². The van der Waals surface area contributed by atoms with Gasteiger partial charge in [-0.3, -0.25) is 0 Å². The lowest BCUT2D eigenvalue weighted by Crippen LogP contribution is -2.04. The number of anilines is 1. The molecule has 0 saturated carbocycles. The number of nitrogens with one attached hydrogen (secondary N) is 1. The van der Waals surface area contributed by atoms with Gasteiger partial charge in [0.25, 0.3) is 0 Å². The zero-order valence-electron chi connectivity index (χ0n) is 10.6. The van der Waals surface area contributed by atoms with Crippen LogP contribution in [0.2, 0.25) is 5.02 Å². The lowest BCUT2D eigenvalue weighted by atomic mass is 10.1. The second-order valence-electron chi connectivity index (χ2n) is 4.18. The van der Waals surface area contributed by atoms with Crippen LogP contribution in [-0.4, -0.2) is 7.11 Å². The van der Waals surface area contributed by atoms with Gasteiger partial charge in [-0.1, -0.05) is 35.9 Å². The second-order valence-corrected chi connectivity index (χ2v) is 4.62. The molecule has 0 amide bonds. The van der Waals surface area contributed by atoms with Gasteiger partial charge < -0.3 is 10.1 Å². The molecule has 19 heavy (non-hydrogen) atoms. The van der Waals surface area contributed by atoms with Crippen molar-refractivity contribution in [1.82, 2.24) is 0 Å². The van der Waals surface area contributed by atoms with Crippen molar-refractivity contribution >= 4 is 17.3 Å². The minimum atomic E-state index is -0.350. The minimum Gasteiger partial charge on any atom is -0.380 e. The van der Waals surface area contributed by atoms with Crippen molar-refractivity contribution in [3.63, 3.8) is 0 Å². The highest BCUT2D eigenvalue weighted by molar-refractivity contribution is 6.30. The summed E-state index contributed by atoms with van der Waals surface area (Å²) in [5.74, 6) is -0.350. The molecule has 0 heterocycles. The Morgan fingerprint density at radius 2 is 1.89 bits per heavy atom. The van der Waals surface area contributed by atoms with Crippen molar-refractivity contribution in [2.45, 2.75) is 13.2 Å². The third-order valence-corrected chi connectivity index (χ3v) is 3.05. The van der Waals surface area contributed by atoms with Crippen LogP contribution in [0.4, 0.5) is 10.1 Å². The van der Waals surface area contributed by atoms with Crippen molar-refractivity contribution in [3.8, 4) is 0 Å². The Balaban J connectivity index is 2.10. The smallest absolute Gasteiger partial charge is 0.147 e. The van der Waals surface area contributed by atoms with E-state index in [0.717, 1.165) is 11.1 Å². The van der Waals surface area contributed by atoms with Crippen LogP contribution < -0.4 is 5.32 Å². The molecule has 0 spiro atoms. The van der Waals surface area contributed by atoms with E-state index in [-0.39, 0.29) is 5.82 Å². The van der Waals surface area contributed by atoms with Crippen LogP contribution in [0.1, 0.15) is 11.1 Å². The first-order valence-electron chi connectivity index (χ1n) is 5.95. The third kappa shape index (κ3) is 3.69. The van der Waals surface area contributed by atoms with E-state index >= 15 is 0 Å². The molecule has 0 atom stereocenters. The van der Waals surface area contributed by atoms with Crippen molar-refractivity contribution in [2.75, 3.05) is 12.4 Å². The summed E-state index contributed by atoms with van der Waals surface area (Å²) < 4.78 is 18.8. The van der Waals surface area contributed by atoms with Gasteiger partial charge in [0.15, 0.2) is 0 Å². The molecule has 0 fully saturated rings. The van der Waals surface area contributed by atoms with E-state index in [4.69, 9.17) is 16.3 Å². The van der Waals surface area contributed by atoms with Gasteiger partial charge in [0.2, 0.25) is 0 Å². The Morgan fingerprint density at radius 3 is 2.58 bits per heavy atom. The quantitative estimate of drug-likeness (QED) is 0.884. The number of methoxy groups -OCH3 is 1. The maximum atomic E-state index is 13.6. The van der Waals surface area contributed by atoms with Gasteiger partial charge in [-0.05, 0) is 29.3 Å². The van der Waals surface area contributed by atoms with Crippen molar-refractivity contribution in [1.29, 1.82) is 0 Å². The normalized spacial score (nSPS) is 10.5. The van der Waals surface area contributed by atoms with E-state index in [9.17, 15) is 4.39 Å². The van der Waals surface area contributed by atoms with E-state index in [1.807, 2.05) is 24.3 Å². The van der Waals surface area contributed by atoms with Gasteiger partial charge in [0.05, 0.1) is 12.3 Å². The Hall–Kier alpha value is -1.58. The predicted molar refractivity (Wildman–Crippen MR) is 75.9 cm³/mol. The third-order valence-electron chi connectivity index (χ3n) is 2.82. The van der Waals surface area contributed by atoms with E-state index in [1.165, 1.54) is 6.07 Å². The average Bonchev–Trinajstić information content (AvgIpc) is 2.40. The van der Waals surface area contributed by atoms with Crippen LogP contribution in [0.15, 0.2) is 42.5 Å². The summed E-state index contributed by atoms with van der Waals surface area (Å²) >= 11 is 5.72. The average molecular weight is 280 g/mol. The number of rotatable bonds is 5. The molecular formula is C15H15ClFNO.